The van der Waals surface area contributed by atoms with E-state index in [1.165, 1.54) is 5.56 Å². The van der Waals surface area contributed by atoms with Gasteiger partial charge in [-0.05, 0) is 35.6 Å². The number of nitriles is 1. The van der Waals surface area contributed by atoms with Crippen molar-refractivity contribution in [3.05, 3.63) is 51.7 Å². The van der Waals surface area contributed by atoms with Gasteiger partial charge in [-0.25, -0.2) is 4.74 Å². The molecule has 0 fully saturated rings. The molecule has 0 bridgehead atoms. The highest BCUT2D eigenvalue weighted by Gasteiger charge is 2.22. The fraction of sp³-hybridized carbons (Fsp3) is 0.400. The van der Waals surface area contributed by atoms with E-state index in [0.717, 1.165) is 27.0 Å². The number of hydrogen-bond acceptors (Lipinski definition) is 2. The van der Waals surface area contributed by atoms with E-state index >= 15 is 0 Å². The number of fused-ring (bicyclic) bond motifs is 1. The summed E-state index contributed by atoms with van der Waals surface area (Å²) in [4.78, 5) is 0. The minimum Gasteiger partial charge on any atom is -0.623 e. The first-order valence-electron chi connectivity index (χ1n) is 7.94. The van der Waals surface area contributed by atoms with E-state index < -0.39 is 5.54 Å². The molecule has 0 radical (unpaired) electrons. The number of hydroxylamine groups is 1. The van der Waals surface area contributed by atoms with Crippen LogP contribution in [0.4, 0.5) is 0 Å². The predicted molar refractivity (Wildman–Crippen MR) is 95.2 cm³/mol. The van der Waals surface area contributed by atoms with Gasteiger partial charge in [0.15, 0.2) is 11.8 Å². The van der Waals surface area contributed by atoms with Crippen LogP contribution in [0.15, 0.2) is 24.3 Å². The zero-order chi connectivity index (χ0) is 17.4. The topological polar surface area (TPSA) is 49.9 Å². The summed E-state index contributed by atoms with van der Waals surface area (Å²) >= 11 is 0. The summed E-state index contributed by atoms with van der Waals surface area (Å²) in [6.45, 7) is 11.9. The zero-order valence-corrected chi connectivity index (χ0v) is 14.8. The van der Waals surface area contributed by atoms with Gasteiger partial charge in [-0.2, -0.15) is 5.26 Å². The highest BCUT2D eigenvalue weighted by molar-refractivity contribution is 5.94. The van der Waals surface area contributed by atoms with Crippen LogP contribution in [0.3, 0.4) is 0 Å². The molecule has 120 valence electrons. The summed E-state index contributed by atoms with van der Waals surface area (Å²) in [6.07, 6.45) is 1.60. The third-order valence-electron chi connectivity index (χ3n) is 4.09. The Bertz CT molecular complexity index is 774. The van der Waals surface area contributed by atoms with Crippen LogP contribution in [0.2, 0.25) is 0 Å². The van der Waals surface area contributed by atoms with E-state index in [0.29, 0.717) is 11.5 Å². The molecule has 0 spiro atoms. The molecule has 0 amide bonds. The molecule has 0 saturated heterocycles. The third-order valence-corrected chi connectivity index (χ3v) is 4.09. The Morgan fingerprint density at radius 2 is 1.87 bits per heavy atom. The van der Waals surface area contributed by atoms with Crippen molar-refractivity contribution in [3.8, 4) is 17.2 Å². The molecule has 23 heavy (non-hydrogen) atoms. The molecule has 0 atom stereocenters. The van der Waals surface area contributed by atoms with Gasteiger partial charge in [-0.3, -0.25) is 0 Å². The predicted octanol–water partition coefficient (Wildman–Crippen LogP) is 4.82. The molecule has 0 saturated carbocycles. The highest BCUT2D eigenvalue weighted by atomic mass is 16.5. The second kappa shape index (κ2) is 6.04. The van der Waals surface area contributed by atoms with Crippen molar-refractivity contribution in [2.24, 2.45) is 0 Å². The number of nitrogens with zero attached hydrogens (tertiary/aromatic N) is 2. The quantitative estimate of drug-likeness (QED) is 0.345. The van der Waals surface area contributed by atoms with Crippen molar-refractivity contribution >= 4 is 6.21 Å². The molecule has 0 N–H and O–H groups in total. The molecular weight excluding hydrogens is 284 g/mol. The lowest BCUT2D eigenvalue weighted by Crippen LogP contribution is -2.29. The maximum Gasteiger partial charge on any atom is 0.182 e. The molecule has 2 aliphatic rings. The van der Waals surface area contributed by atoms with Gasteiger partial charge in [0.05, 0.1) is 11.6 Å². The molecule has 0 heterocycles. The lowest BCUT2D eigenvalue weighted by atomic mass is 10.0. The Labute approximate surface area is 138 Å². The van der Waals surface area contributed by atoms with E-state index in [1.54, 1.807) is 6.21 Å². The van der Waals surface area contributed by atoms with Crippen molar-refractivity contribution in [2.75, 3.05) is 0 Å². The summed E-state index contributed by atoms with van der Waals surface area (Å²) in [6, 6.07) is 10.3. The van der Waals surface area contributed by atoms with Gasteiger partial charge in [0.2, 0.25) is 0 Å². The van der Waals surface area contributed by atoms with Gasteiger partial charge in [0.1, 0.15) is 0 Å². The lowest BCUT2D eigenvalue weighted by Gasteiger charge is -2.18. The summed E-state index contributed by atoms with van der Waals surface area (Å²) in [5, 5.41) is 21.8. The largest absolute Gasteiger partial charge is 0.623 e. The van der Waals surface area contributed by atoms with Gasteiger partial charge >= 0.3 is 0 Å². The van der Waals surface area contributed by atoms with Crippen LogP contribution in [0.5, 0.6) is 0 Å². The Balaban J connectivity index is 2.78. The molecule has 2 rings (SSSR count). The first kappa shape index (κ1) is 17.0. The summed E-state index contributed by atoms with van der Waals surface area (Å²) in [5.74, 6) is 0.379. The molecule has 0 aromatic rings. The Kier molecular flexibility index (Phi) is 4.47. The lowest BCUT2D eigenvalue weighted by molar-refractivity contribution is -0.530. The number of rotatable bonds is 2. The van der Waals surface area contributed by atoms with Gasteiger partial charge in [0, 0.05) is 31.9 Å². The smallest absolute Gasteiger partial charge is 0.182 e. The van der Waals surface area contributed by atoms with E-state index in [9.17, 15) is 10.5 Å². The highest BCUT2D eigenvalue weighted by Crippen LogP contribution is 2.35. The first-order chi connectivity index (χ1) is 10.6. The van der Waals surface area contributed by atoms with Crippen LogP contribution in [-0.4, -0.2) is 16.5 Å². The molecule has 0 aromatic carbocycles. The first-order valence-corrected chi connectivity index (χ1v) is 7.94. The minimum absolute atomic E-state index is 0.379. The molecule has 3 heteroatoms. The van der Waals surface area contributed by atoms with Crippen molar-refractivity contribution < 1.29 is 4.74 Å². The van der Waals surface area contributed by atoms with Gasteiger partial charge in [-0.1, -0.05) is 32.0 Å². The maximum absolute atomic E-state index is 12.3. The molecule has 0 unspecified atom stereocenters. The standard InChI is InChI=1S/C20H24N2O/c1-13(2)15-8-7-14(3)19-16(11-21)9-17(18(19)10-15)12-22(23)20(4,5)6/h7-10,12-13H,1-6H3. The fourth-order valence-corrected chi connectivity index (χ4v) is 2.57. The molecular formula is C20H24N2O. The average Bonchev–Trinajstić information content (AvgIpc) is 2.68. The van der Waals surface area contributed by atoms with Crippen LogP contribution in [0.25, 0.3) is 11.1 Å². The number of aryl methyl sites for hydroxylation is 1. The van der Waals surface area contributed by atoms with Gasteiger partial charge in [0.25, 0.3) is 0 Å². The van der Waals surface area contributed by atoms with Crippen LogP contribution >= 0.6 is 0 Å². The SMILES string of the molecule is Cc1ccc(C(C)C)cc2c(C=[N+]([O-])C(C)(C)C)cc(C#N)c1-2. The molecule has 3 nitrogen and oxygen atoms in total. The summed E-state index contributed by atoms with van der Waals surface area (Å²) in [5.41, 5.74) is 5.08. The van der Waals surface area contributed by atoms with Crippen molar-refractivity contribution in [2.45, 2.75) is 53.0 Å². The van der Waals surface area contributed by atoms with E-state index in [1.807, 2.05) is 33.8 Å². The van der Waals surface area contributed by atoms with Crippen LogP contribution < -0.4 is 0 Å². The second-order valence-electron chi connectivity index (χ2n) is 7.35. The van der Waals surface area contributed by atoms with Crippen molar-refractivity contribution in [3.63, 3.8) is 0 Å². The van der Waals surface area contributed by atoms with Gasteiger partial charge in [-0.15, -0.1) is 0 Å². The maximum atomic E-state index is 12.3. The molecule has 2 aliphatic carbocycles. The summed E-state index contributed by atoms with van der Waals surface area (Å²) < 4.78 is 0.959. The van der Waals surface area contributed by atoms with Gasteiger partial charge < -0.3 is 5.21 Å². The van der Waals surface area contributed by atoms with Crippen LogP contribution in [0, 0.1) is 23.5 Å². The third kappa shape index (κ3) is 3.37. The molecule has 0 aromatic heterocycles. The second-order valence-corrected chi connectivity index (χ2v) is 7.35. The Hall–Kier alpha value is -2.34. The Morgan fingerprint density at radius 1 is 1.22 bits per heavy atom. The van der Waals surface area contributed by atoms with E-state index in [4.69, 9.17) is 0 Å². The summed E-state index contributed by atoms with van der Waals surface area (Å²) in [7, 11) is 0. The van der Waals surface area contributed by atoms with E-state index in [-0.39, 0.29) is 0 Å². The fourth-order valence-electron chi connectivity index (χ4n) is 2.57. The Morgan fingerprint density at radius 3 is 2.39 bits per heavy atom. The van der Waals surface area contributed by atoms with Crippen molar-refractivity contribution in [1.29, 1.82) is 5.26 Å². The monoisotopic (exact) mass is 308 g/mol. The normalized spacial score (nSPS) is 12.7. The van der Waals surface area contributed by atoms with E-state index in [2.05, 4.69) is 38.1 Å². The zero-order valence-electron chi connectivity index (χ0n) is 14.8. The van der Waals surface area contributed by atoms with Crippen LogP contribution in [0.1, 0.15) is 62.8 Å². The minimum atomic E-state index is -0.511. The number of hydrogen-bond donors (Lipinski definition) is 0. The van der Waals surface area contributed by atoms with Crippen LogP contribution in [-0.2, 0) is 0 Å². The molecule has 0 aliphatic heterocycles. The van der Waals surface area contributed by atoms with Crippen molar-refractivity contribution in [1.82, 2.24) is 0 Å². The average molecular weight is 308 g/mol.